The van der Waals surface area contributed by atoms with Crippen molar-refractivity contribution in [2.75, 3.05) is 5.73 Å². The number of benzene rings is 2. The summed E-state index contributed by atoms with van der Waals surface area (Å²) < 4.78 is 5.48. The van der Waals surface area contributed by atoms with Crippen molar-refractivity contribution >= 4 is 40.8 Å². The summed E-state index contributed by atoms with van der Waals surface area (Å²) in [6.45, 7) is 0. The van der Waals surface area contributed by atoms with Gasteiger partial charge in [-0.05, 0) is 48.7 Å². The maximum Gasteiger partial charge on any atom is 0.334 e. The number of nitrogens with one attached hydrogen (secondary N) is 1. The first-order valence-electron chi connectivity index (χ1n) is 8.94. The quantitative estimate of drug-likeness (QED) is 0.533. The molecule has 7 heteroatoms. The van der Waals surface area contributed by atoms with Crippen LogP contribution in [0, 0.1) is 0 Å². The summed E-state index contributed by atoms with van der Waals surface area (Å²) in [7, 11) is 0. The molecule has 1 aliphatic rings. The fourth-order valence-corrected chi connectivity index (χ4v) is 3.53. The maximum absolute atomic E-state index is 12.8. The van der Waals surface area contributed by atoms with Gasteiger partial charge in [0, 0.05) is 18.5 Å². The van der Waals surface area contributed by atoms with E-state index in [0.29, 0.717) is 17.9 Å². The molecule has 146 valence electrons. The molecule has 0 saturated carbocycles. The number of amides is 1. The smallest absolute Gasteiger partial charge is 0.334 e. The summed E-state index contributed by atoms with van der Waals surface area (Å²) in [5, 5.41) is 3.13. The zero-order valence-corrected chi connectivity index (χ0v) is 16.6. The number of ether oxygens (including phenoxy) is 1. The van der Waals surface area contributed by atoms with Crippen LogP contribution in [-0.2, 0) is 16.0 Å². The van der Waals surface area contributed by atoms with Crippen LogP contribution in [-0.4, -0.2) is 17.9 Å². The molecule has 0 saturated heterocycles. The summed E-state index contributed by atoms with van der Waals surface area (Å²) in [6, 6.07) is 11.0. The fourth-order valence-electron chi connectivity index (χ4n) is 2.96. The number of hydrogen-bond acceptors (Lipinski definition) is 4. The summed E-state index contributed by atoms with van der Waals surface area (Å²) in [6.07, 6.45) is 4.69. The molecule has 0 radical (unpaired) electrons. The predicted octanol–water partition coefficient (Wildman–Crippen LogP) is 4.53. The van der Waals surface area contributed by atoms with E-state index in [1.165, 1.54) is 0 Å². The molecule has 0 fully saturated rings. The normalized spacial score (nSPS) is 14.3. The van der Waals surface area contributed by atoms with E-state index in [2.05, 4.69) is 5.32 Å². The average molecular weight is 419 g/mol. The second-order valence-electron chi connectivity index (χ2n) is 6.55. The molecule has 0 unspecified atom stereocenters. The lowest BCUT2D eigenvalue weighted by Crippen LogP contribution is -2.43. The first kappa shape index (κ1) is 20.2. The van der Waals surface area contributed by atoms with Crippen LogP contribution in [0.1, 0.15) is 35.2 Å². The van der Waals surface area contributed by atoms with Crippen molar-refractivity contribution in [2.45, 2.75) is 31.7 Å². The summed E-state index contributed by atoms with van der Waals surface area (Å²) in [4.78, 5) is 25.5. The monoisotopic (exact) mass is 418 g/mol. The Kier molecular flexibility index (Phi) is 6.60. The van der Waals surface area contributed by atoms with Crippen LogP contribution < -0.4 is 11.1 Å². The molecule has 1 amide bonds. The third-order valence-electron chi connectivity index (χ3n) is 4.43. The van der Waals surface area contributed by atoms with E-state index in [1.807, 2.05) is 6.08 Å². The van der Waals surface area contributed by atoms with E-state index >= 15 is 0 Å². The number of allylic oxidation sites excluding steroid dienone is 2. The first-order valence-corrected chi connectivity index (χ1v) is 9.69. The maximum atomic E-state index is 12.8. The van der Waals surface area contributed by atoms with Gasteiger partial charge >= 0.3 is 5.97 Å². The number of esters is 1. The molecule has 3 rings (SSSR count). The van der Waals surface area contributed by atoms with Crippen LogP contribution in [0.5, 0.6) is 0 Å². The van der Waals surface area contributed by atoms with Gasteiger partial charge in [0.15, 0.2) is 0 Å². The second kappa shape index (κ2) is 9.13. The minimum atomic E-state index is -0.898. The van der Waals surface area contributed by atoms with Crippen molar-refractivity contribution in [3.05, 3.63) is 75.5 Å². The minimum Gasteiger partial charge on any atom is -0.430 e. The van der Waals surface area contributed by atoms with Crippen LogP contribution in [0.3, 0.4) is 0 Å². The van der Waals surface area contributed by atoms with E-state index in [0.717, 1.165) is 18.4 Å². The fraction of sp³-hybridized carbons (Fsp3) is 0.238. The Morgan fingerprint density at radius 1 is 1.11 bits per heavy atom. The molecule has 2 aromatic carbocycles. The van der Waals surface area contributed by atoms with Crippen molar-refractivity contribution in [1.82, 2.24) is 5.32 Å². The largest absolute Gasteiger partial charge is 0.430 e. The molecular weight excluding hydrogens is 399 g/mol. The van der Waals surface area contributed by atoms with Crippen LogP contribution >= 0.6 is 23.2 Å². The molecule has 3 N–H and O–H groups in total. The summed E-state index contributed by atoms with van der Waals surface area (Å²) >= 11 is 12.2. The average Bonchev–Trinajstić information content (AvgIpc) is 3.16. The predicted molar refractivity (Wildman–Crippen MR) is 110 cm³/mol. The highest BCUT2D eigenvalue weighted by Gasteiger charge is 2.27. The highest BCUT2D eigenvalue weighted by atomic mass is 35.5. The van der Waals surface area contributed by atoms with Gasteiger partial charge in [0.25, 0.3) is 5.91 Å². The summed E-state index contributed by atoms with van der Waals surface area (Å²) in [5.74, 6) is -0.424. The number of nitrogen functional groups attached to an aromatic ring is 1. The number of carbonyl (C=O) groups excluding carboxylic acids is 2. The van der Waals surface area contributed by atoms with Gasteiger partial charge in [0.05, 0.1) is 15.6 Å². The molecule has 1 atom stereocenters. The van der Waals surface area contributed by atoms with Crippen molar-refractivity contribution in [2.24, 2.45) is 0 Å². The van der Waals surface area contributed by atoms with Gasteiger partial charge in [0.1, 0.15) is 11.8 Å². The Balaban J connectivity index is 1.81. The molecule has 5 nitrogen and oxygen atoms in total. The van der Waals surface area contributed by atoms with Gasteiger partial charge in [0.2, 0.25) is 0 Å². The van der Waals surface area contributed by atoms with Crippen molar-refractivity contribution < 1.29 is 14.3 Å². The molecule has 0 aromatic heterocycles. The zero-order chi connectivity index (χ0) is 20.1. The number of anilines is 1. The Morgan fingerprint density at radius 3 is 2.39 bits per heavy atom. The Labute approximate surface area is 173 Å². The Hall–Kier alpha value is -2.50. The molecule has 1 aliphatic carbocycles. The van der Waals surface area contributed by atoms with E-state index in [1.54, 1.807) is 42.5 Å². The van der Waals surface area contributed by atoms with Gasteiger partial charge in [-0.3, -0.25) is 4.79 Å². The van der Waals surface area contributed by atoms with Gasteiger partial charge in [-0.15, -0.1) is 0 Å². The van der Waals surface area contributed by atoms with E-state index in [-0.39, 0.29) is 22.0 Å². The lowest BCUT2D eigenvalue weighted by molar-refractivity contribution is -0.141. The molecule has 28 heavy (non-hydrogen) atoms. The standard InChI is InChI=1S/C21H20Cl2N2O3/c22-16-6-3-7-17(23)19(16)20(26)25-18(12-13-8-10-14(24)11-9-13)21(27)28-15-4-1-2-5-15/h3-4,6-11,18H,1-2,5,12,24H2,(H,25,26)/t18-/m0/s1. The molecule has 0 aliphatic heterocycles. The molecule has 0 spiro atoms. The lowest BCUT2D eigenvalue weighted by atomic mass is 10.0. The van der Waals surface area contributed by atoms with Crippen LogP contribution in [0.4, 0.5) is 5.69 Å². The van der Waals surface area contributed by atoms with Crippen molar-refractivity contribution in [1.29, 1.82) is 0 Å². The van der Waals surface area contributed by atoms with Crippen LogP contribution in [0.15, 0.2) is 54.3 Å². The van der Waals surface area contributed by atoms with E-state index < -0.39 is 17.9 Å². The summed E-state index contributed by atoms with van der Waals surface area (Å²) in [5.41, 5.74) is 7.30. The molecular formula is C21H20Cl2N2O3. The third-order valence-corrected chi connectivity index (χ3v) is 5.06. The van der Waals surface area contributed by atoms with Crippen molar-refractivity contribution in [3.8, 4) is 0 Å². The van der Waals surface area contributed by atoms with E-state index in [9.17, 15) is 9.59 Å². The van der Waals surface area contributed by atoms with Gasteiger partial charge in [-0.1, -0.05) is 41.4 Å². The first-order chi connectivity index (χ1) is 13.4. The van der Waals surface area contributed by atoms with Gasteiger partial charge in [-0.2, -0.15) is 0 Å². The highest BCUT2D eigenvalue weighted by Crippen LogP contribution is 2.25. The lowest BCUT2D eigenvalue weighted by Gasteiger charge is -2.19. The number of nitrogens with two attached hydrogens (primary N) is 1. The molecule has 0 heterocycles. The van der Waals surface area contributed by atoms with Gasteiger partial charge in [-0.25, -0.2) is 4.79 Å². The second-order valence-corrected chi connectivity index (χ2v) is 7.37. The number of hydrogen-bond donors (Lipinski definition) is 2. The number of halogens is 2. The van der Waals surface area contributed by atoms with Crippen LogP contribution in [0.2, 0.25) is 10.0 Å². The SMILES string of the molecule is Nc1ccc(C[C@H](NC(=O)c2c(Cl)cccc2Cl)C(=O)OC2=CCCC2)cc1. The minimum absolute atomic E-state index is 0.126. The number of carbonyl (C=O) groups is 2. The topological polar surface area (TPSA) is 81.4 Å². The molecule has 2 aromatic rings. The van der Waals surface area contributed by atoms with E-state index in [4.69, 9.17) is 33.7 Å². The van der Waals surface area contributed by atoms with Crippen molar-refractivity contribution in [3.63, 3.8) is 0 Å². The van der Waals surface area contributed by atoms with Crippen LogP contribution in [0.25, 0.3) is 0 Å². The zero-order valence-electron chi connectivity index (χ0n) is 15.1. The van der Waals surface area contributed by atoms with Gasteiger partial charge < -0.3 is 15.8 Å². The molecule has 0 bridgehead atoms. The number of rotatable bonds is 6. The highest BCUT2D eigenvalue weighted by molar-refractivity contribution is 6.39. The third kappa shape index (κ3) is 5.06. The Bertz CT molecular complexity index is 890. The Morgan fingerprint density at radius 2 is 1.79 bits per heavy atom.